The number of rotatable bonds is 6. The van der Waals surface area contributed by atoms with Gasteiger partial charge in [-0.25, -0.2) is 14.0 Å². The Kier molecular flexibility index (Phi) is 7.66. The fraction of sp³-hybridized carbons (Fsp3) is 0.231. The summed E-state index contributed by atoms with van der Waals surface area (Å²) in [5.41, 5.74) is 7.21. The number of nitrogens with zero attached hydrogens (tertiary/aromatic N) is 2. The number of nitrogens with two attached hydrogens (primary N) is 1. The minimum absolute atomic E-state index is 0.0409. The molecule has 8 nitrogen and oxygen atoms in total. The third-order valence-electron chi connectivity index (χ3n) is 4.99. The van der Waals surface area contributed by atoms with E-state index in [0.717, 1.165) is 0 Å². The van der Waals surface area contributed by atoms with Gasteiger partial charge in [-0.05, 0) is 50.1 Å². The number of primary amides is 1. The zero-order valence-electron chi connectivity index (χ0n) is 19.7. The number of aromatic nitrogens is 1. The third kappa shape index (κ3) is 6.54. The molecule has 9 heteroatoms. The first-order valence-corrected chi connectivity index (χ1v) is 10.9. The van der Waals surface area contributed by atoms with E-state index in [4.69, 9.17) is 10.5 Å². The zero-order valence-corrected chi connectivity index (χ0v) is 19.7. The number of anilines is 1. The number of carbonyl (C=O) groups excluding carboxylic acids is 2. The fourth-order valence-corrected chi connectivity index (χ4v) is 3.53. The Labute approximate surface area is 202 Å². The van der Waals surface area contributed by atoms with Crippen LogP contribution in [-0.2, 0) is 17.7 Å². The number of benzene rings is 2. The minimum Gasteiger partial charge on any atom is -0.444 e. The Hall–Kier alpha value is -4.45. The smallest absolute Gasteiger partial charge is 0.412 e. The highest BCUT2D eigenvalue weighted by Gasteiger charge is 2.22. The van der Waals surface area contributed by atoms with E-state index < -0.39 is 23.5 Å². The topological polar surface area (TPSA) is 130 Å². The molecule has 35 heavy (non-hydrogen) atoms. The first-order valence-electron chi connectivity index (χ1n) is 10.9. The number of hydrogen-bond donors (Lipinski definition) is 3. The molecule has 1 aromatic heterocycles. The molecule has 0 aliphatic heterocycles. The molecular weight excluding hydrogens is 449 g/mol. The second kappa shape index (κ2) is 10.7. The van der Waals surface area contributed by atoms with E-state index in [1.807, 2.05) is 0 Å². The monoisotopic (exact) mass is 475 g/mol. The van der Waals surface area contributed by atoms with Crippen LogP contribution in [0.15, 0.2) is 54.7 Å². The Bertz CT molecular complexity index is 1290. The number of carbonyl (C=O) groups is 2. The number of amides is 3. The Morgan fingerprint density at radius 1 is 1.11 bits per heavy atom. The highest BCUT2D eigenvalue weighted by Crippen LogP contribution is 2.34. The molecule has 1 heterocycles. The predicted octanol–water partition coefficient (Wildman–Crippen LogP) is 4.87. The predicted molar refractivity (Wildman–Crippen MR) is 130 cm³/mol. The van der Waals surface area contributed by atoms with Crippen molar-refractivity contribution in [3.63, 3.8) is 0 Å². The molecule has 180 valence electrons. The number of hydrogen-bond acceptors (Lipinski definition) is 5. The number of nitrogens with one attached hydrogen (secondary N) is 2. The minimum atomic E-state index is -0.791. The molecule has 0 fully saturated rings. The summed E-state index contributed by atoms with van der Waals surface area (Å²) in [4.78, 5) is 27.9. The average molecular weight is 476 g/mol. The Morgan fingerprint density at radius 3 is 2.54 bits per heavy atom. The average Bonchev–Trinajstić information content (AvgIpc) is 2.80. The van der Waals surface area contributed by atoms with Crippen LogP contribution in [0.5, 0.6) is 0 Å². The van der Waals surface area contributed by atoms with Crippen molar-refractivity contribution in [2.45, 2.75) is 39.3 Å². The van der Waals surface area contributed by atoms with Crippen molar-refractivity contribution in [2.24, 2.45) is 5.73 Å². The standard InChI is InChI=1S/C26H26FN5O3/c1-26(2,3)35-25(34)32-21-11-10-18(19-9-6-12-30-22(19)15-31-24(29)33)20(23(21)27)13-16-7-4-5-8-17(16)14-28/h4-12H,13,15H2,1-3H3,(H,32,34)(H3,29,31,33). The lowest BCUT2D eigenvalue weighted by Crippen LogP contribution is -2.29. The van der Waals surface area contributed by atoms with Crippen LogP contribution in [0, 0.1) is 17.1 Å². The van der Waals surface area contributed by atoms with E-state index in [1.54, 1.807) is 69.4 Å². The van der Waals surface area contributed by atoms with Gasteiger partial charge in [-0.1, -0.05) is 30.3 Å². The molecule has 3 rings (SSSR count). The van der Waals surface area contributed by atoms with Crippen molar-refractivity contribution >= 4 is 17.8 Å². The van der Waals surface area contributed by atoms with Crippen LogP contribution in [-0.4, -0.2) is 22.7 Å². The molecule has 0 unspecified atom stereocenters. The molecule has 0 spiro atoms. The molecule has 0 aliphatic carbocycles. The van der Waals surface area contributed by atoms with Crippen molar-refractivity contribution in [3.05, 3.63) is 82.9 Å². The lowest BCUT2D eigenvalue weighted by Gasteiger charge is -2.21. The highest BCUT2D eigenvalue weighted by molar-refractivity contribution is 5.86. The van der Waals surface area contributed by atoms with Gasteiger partial charge in [0.1, 0.15) is 5.60 Å². The second-order valence-corrected chi connectivity index (χ2v) is 8.74. The third-order valence-corrected chi connectivity index (χ3v) is 4.99. The summed E-state index contributed by atoms with van der Waals surface area (Å²) < 4.78 is 21.2. The summed E-state index contributed by atoms with van der Waals surface area (Å²) in [6.07, 6.45) is 0.841. The maximum Gasteiger partial charge on any atom is 0.412 e. The molecule has 3 aromatic rings. The maximum absolute atomic E-state index is 15.9. The molecule has 0 saturated heterocycles. The quantitative estimate of drug-likeness (QED) is 0.468. The van der Waals surface area contributed by atoms with Crippen LogP contribution < -0.4 is 16.4 Å². The van der Waals surface area contributed by atoms with Gasteiger partial charge in [0.2, 0.25) is 0 Å². The van der Waals surface area contributed by atoms with Crippen molar-refractivity contribution in [1.82, 2.24) is 10.3 Å². The lowest BCUT2D eigenvalue weighted by atomic mass is 9.91. The van der Waals surface area contributed by atoms with Crippen LogP contribution in [0.3, 0.4) is 0 Å². The molecule has 2 aromatic carbocycles. The number of halogens is 1. The van der Waals surface area contributed by atoms with E-state index in [1.165, 1.54) is 6.07 Å². The van der Waals surface area contributed by atoms with Gasteiger partial charge in [-0.2, -0.15) is 5.26 Å². The summed E-state index contributed by atoms with van der Waals surface area (Å²) >= 11 is 0. The van der Waals surface area contributed by atoms with Crippen LogP contribution in [0.1, 0.15) is 43.2 Å². The van der Waals surface area contributed by atoms with E-state index in [9.17, 15) is 14.9 Å². The Morgan fingerprint density at radius 2 is 1.86 bits per heavy atom. The van der Waals surface area contributed by atoms with E-state index in [-0.39, 0.29) is 24.2 Å². The largest absolute Gasteiger partial charge is 0.444 e. The van der Waals surface area contributed by atoms with Crippen LogP contribution in [0.2, 0.25) is 0 Å². The van der Waals surface area contributed by atoms with E-state index in [2.05, 4.69) is 21.7 Å². The first kappa shape index (κ1) is 25.2. The van der Waals surface area contributed by atoms with Crippen molar-refractivity contribution in [2.75, 3.05) is 5.32 Å². The van der Waals surface area contributed by atoms with Gasteiger partial charge in [0.05, 0.1) is 29.6 Å². The van der Waals surface area contributed by atoms with Gasteiger partial charge < -0.3 is 15.8 Å². The van der Waals surface area contributed by atoms with Crippen molar-refractivity contribution in [3.8, 4) is 17.2 Å². The molecule has 0 radical (unpaired) electrons. The lowest BCUT2D eigenvalue weighted by molar-refractivity contribution is 0.0635. The molecule has 3 amide bonds. The van der Waals surface area contributed by atoms with Crippen LogP contribution in [0.25, 0.3) is 11.1 Å². The van der Waals surface area contributed by atoms with Gasteiger partial charge in [-0.15, -0.1) is 0 Å². The van der Waals surface area contributed by atoms with Crippen molar-refractivity contribution < 1.29 is 18.7 Å². The number of pyridine rings is 1. The zero-order chi connectivity index (χ0) is 25.6. The van der Waals surface area contributed by atoms with Crippen LogP contribution in [0.4, 0.5) is 19.7 Å². The van der Waals surface area contributed by atoms with E-state index in [0.29, 0.717) is 27.9 Å². The van der Waals surface area contributed by atoms with Gasteiger partial charge in [-0.3, -0.25) is 10.3 Å². The summed E-state index contributed by atoms with van der Waals surface area (Å²) in [5.74, 6) is -0.668. The highest BCUT2D eigenvalue weighted by atomic mass is 19.1. The normalized spacial score (nSPS) is 10.8. The summed E-state index contributed by atoms with van der Waals surface area (Å²) in [5, 5.41) is 14.5. The summed E-state index contributed by atoms with van der Waals surface area (Å²) in [6.45, 7) is 5.17. The fourth-order valence-electron chi connectivity index (χ4n) is 3.53. The van der Waals surface area contributed by atoms with Gasteiger partial charge in [0.25, 0.3) is 0 Å². The molecule has 0 aliphatic rings. The molecule has 4 N–H and O–H groups in total. The van der Waals surface area contributed by atoms with E-state index >= 15 is 4.39 Å². The maximum atomic E-state index is 15.9. The van der Waals surface area contributed by atoms with Gasteiger partial charge in [0.15, 0.2) is 5.82 Å². The Balaban J connectivity index is 2.12. The molecule has 0 saturated carbocycles. The number of ether oxygens (including phenoxy) is 1. The summed E-state index contributed by atoms with van der Waals surface area (Å²) in [7, 11) is 0. The molecule has 0 bridgehead atoms. The summed E-state index contributed by atoms with van der Waals surface area (Å²) in [6, 6.07) is 14.8. The number of nitriles is 1. The van der Waals surface area contributed by atoms with Gasteiger partial charge >= 0.3 is 12.1 Å². The second-order valence-electron chi connectivity index (χ2n) is 8.74. The van der Waals surface area contributed by atoms with Crippen LogP contribution >= 0.6 is 0 Å². The van der Waals surface area contributed by atoms with Gasteiger partial charge in [0, 0.05) is 23.7 Å². The number of urea groups is 1. The molecule has 0 atom stereocenters. The van der Waals surface area contributed by atoms with Crippen molar-refractivity contribution in [1.29, 1.82) is 5.26 Å². The molecular formula is C26H26FN5O3. The first-order chi connectivity index (χ1) is 16.6. The SMILES string of the molecule is CC(C)(C)OC(=O)Nc1ccc(-c2cccnc2CNC(N)=O)c(Cc2ccccc2C#N)c1F.